The number of hydrogen-bond acceptors (Lipinski definition) is 9. The molecule has 0 fully saturated rings. The molecule has 2 N–H and O–H groups in total. The number of para-hydroxylation sites is 1. The molecule has 10 nitrogen and oxygen atoms in total. The molecule has 2 aromatic carbocycles. The van der Waals surface area contributed by atoms with Crippen LogP contribution < -0.4 is 4.72 Å². The minimum atomic E-state index is -3.74. The lowest BCUT2D eigenvalue weighted by atomic mass is 10.3. The number of anilines is 1. The predicted molar refractivity (Wildman–Crippen MR) is 114 cm³/mol. The van der Waals surface area contributed by atoms with Crippen molar-refractivity contribution in [3.05, 3.63) is 65.7 Å². The van der Waals surface area contributed by atoms with Gasteiger partial charge in [-0.25, -0.2) is 13.4 Å². The van der Waals surface area contributed by atoms with Gasteiger partial charge in [-0.3, -0.25) is 9.52 Å². The topological polar surface area (TPSA) is 140 Å². The third kappa shape index (κ3) is 5.07. The lowest BCUT2D eigenvalue weighted by Gasteiger charge is -2.09. The molecule has 31 heavy (non-hydrogen) atoms. The van der Waals surface area contributed by atoms with Crippen molar-refractivity contribution < 1.29 is 18.3 Å². The van der Waals surface area contributed by atoms with Crippen molar-refractivity contribution in [2.24, 2.45) is 0 Å². The Morgan fingerprint density at radius 1 is 1.13 bits per heavy atom. The van der Waals surface area contributed by atoms with Gasteiger partial charge in [0.1, 0.15) is 0 Å². The molecule has 0 radical (unpaired) electrons. The average Bonchev–Trinajstić information content (AvgIpc) is 3.38. The fraction of sp³-hybridized carbons (Fsp3) is 0.0556. The van der Waals surface area contributed by atoms with Crippen LogP contribution in [0.25, 0.3) is 5.69 Å². The lowest BCUT2D eigenvalue weighted by Crippen LogP contribution is -2.13. The number of aromatic nitrogens is 5. The lowest BCUT2D eigenvalue weighted by molar-refractivity contribution is -0.136. The molecule has 0 aliphatic rings. The first-order chi connectivity index (χ1) is 14.9. The van der Waals surface area contributed by atoms with Gasteiger partial charge >= 0.3 is 5.97 Å². The summed E-state index contributed by atoms with van der Waals surface area (Å²) in [6.45, 7) is 0. The molecule has 0 aliphatic carbocycles. The summed E-state index contributed by atoms with van der Waals surface area (Å²) in [5.41, 5.74) is 1.49. The quantitative estimate of drug-likeness (QED) is 0.394. The van der Waals surface area contributed by atoms with Crippen molar-refractivity contribution in [3.8, 4) is 5.69 Å². The summed E-state index contributed by atoms with van der Waals surface area (Å²) in [5, 5.41) is 22.5. The molecule has 0 aliphatic heterocycles. The van der Waals surface area contributed by atoms with Gasteiger partial charge in [-0.05, 0) is 58.6 Å². The number of hydrogen-bond donors (Lipinski definition) is 2. The summed E-state index contributed by atoms with van der Waals surface area (Å²) < 4.78 is 29.7. The van der Waals surface area contributed by atoms with E-state index in [1.807, 2.05) is 0 Å². The maximum absolute atomic E-state index is 12.6. The van der Waals surface area contributed by atoms with E-state index < -0.39 is 16.0 Å². The summed E-state index contributed by atoms with van der Waals surface area (Å²) in [4.78, 5) is 15.2. The van der Waals surface area contributed by atoms with Gasteiger partial charge in [-0.2, -0.15) is 4.68 Å². The van der Waals surface area contributed by atoms with Crippen molar-refractivity contribution >= 4 is 44.8 Å². The zero-order chi connectivity index (χ0) is 21.8. The molecule has 0 saturated carbocycles. The van der Waals surface area contributed by atoms with Gasteiger partial charge in [-0.1, -0.05) is 18.2 Å². The molecule has 0 saturated heterocycles. The highest BCUT2D eigenvalue weighted by Crippen LogP contribution is 2.30. The number of sulfonamides is 1. The van der Waals surface area contributed by atoms with Gasteiger partial charge in [0.2, 0.25) is 5.16 Å². The van der Waals surface area contributed by atoms with Gasteiger partial charge in [-0.15, -0.1) is 16.4 Å². The molecule has 13 heteroatoms. The Hall–Kier alpha value is -3.29. The molecule has 0 unspecified atom stereocenters. The Labute approximate surface area is 185 Å². The van der Waals surface area contributed by atoms with Crippen LogP contribution in [0.4, 0.5) is 5.69 Å². The zero-order valence-corrected chi connectivity index (χ0v) is 18.1. The van der Waals surface area contributed by atoms with E-state index >= 15 is 0 Å². The van der Waals surface area contributed by atoms with Gasteiger partial charge in [0.25, 0.3) is 10.0 Å². The van der Waals surface area contributed by atoms with E-state index in [2.05, 4.69) is 25.2 Å². The largest absolute Gasteiger partial charge is 0.481 e. The number of nitrogens with zero attached hydrogens (tertiary/aromatic N) is 5. The first kappa shape index (κ1) is 21.0. The van der Waals surface area contributed by atoms with E-state index in [0.717, 1.165) is 0 Å². The van der Waals surface area contributed by atoms with Crippen molar-refractivity contribution in [1.82, 2.24) is 25.2 Å². The summed E-state index contributed by atoms with van der Waals surface area (Å²) in [7, 11) is -3.74. The molecule has 2 aromatic heterocycles. The molecule has 0 bridgehead atoms. The summed E-state index contributed by atoms with van der Waals surface area (Å²) >= 11 is 2.48. The highest BCUT2D eigenvalue weighted by molar-refractivity contribution is 8.00. The second kappa shape index (κ2) is 8.83. The second-order valence-corrected chi connectivity index (χ2v) is 9.87. The number of rotatable bonds is 8. The van der Waals surface area contributed by atoms with Crippen molar-refractivity contribution in [2.75, 3.05) is 4.72 Å². The van der Waals surface area contributed by atoms with Crippen LogP contribution in [-0.4, -0.2) is 44.7 Å². The van der Waals surface area contributed by atoms with Crippen LogP contribution in [0.3, 0.4) is 0 Å². The van der Waals surface area contributed by atoms with Crippen molar-refractivity contribution in [1.29, 1.82) is 0 Å². The number of benzene rings is 2. The molecule has 0 amide bonds. The van der Waals surface area contributed by atoms with Gasteiger partial charge in [0.15, 0.2) is 4.34 Å². The molecule has 0 spiro atoms. The first-order valence-electron chi connectivity index (χ1n) is 8.71. The zero-order valence-electron chi connectivity index (χ0n) is 15.6. The standard InChI is InChI=1S/C18H14N6O4S3/c25-16(26)10-13-11-29-18(19-13)30-17-20-22-23-24(17)14-6-8-15(9-7-14)31(27,28)21-12-4-2-1-3-5-12/h1-9,11,21H,10H2,(H,25,26). The second-order valence-electron chi connectivity index (χ2n) is 6.12. The summed E-state index contributed by atoms with van der Waals surface area (Å²) in [6.07, 6.45) is -0.158. The normalized spacial score (nSPS) is 11.4. The molecular formula is C18H14N6O4S3. The van der Waals surface area contributed by atoms with E-state index in [1.54, 1.807) is 47.8 Å². The number of nitrogens with one attached hydrogen (secondary N) is 1. The van der Waals surface area contributed by atoms with Crippen LogP contribution in [0, 0.1) is 0 Å². The van der Waals surface area contributed by atoms with Crippen LogP contribution in [0.5, 0.6) is 0 Å². The highest BCUT2D eigenvalue weighted by atomic mass is 32.2. The number of carbonyl (C=O) groups is 1. The summed E-state index contributed by atoms with van der Waals surface area (Å²) in [5.74, 6) is -0.955. The molecule has 0 atom stereocenters. The fourth-order valence-corrected chi connectivity index (χ4v) is 5.33. The maximum atomic E-state index is 12.6. The minimum absolute atomic E-state index is 0.0978. The van der Waals surface area contributed by atoms with Crippen molar-refractivity contribution in [3.63, 3.8) is 0 Å². The third-order valence-electron chi connectivity index (χ3n) is 3.90. The van der Waals surface area contributed by atoms with Crippen LogP contribution in [-0.2, 0) is 21.2 Å². The fourth-order valence-electron chi connectivity index (χ4n) is 2.54. The SMILES string of the molecule is O=C(O)Cc1csc(Sc2nnnn2-c2ccc(S(=O)(=O)Nc3ccccc3)cc2)n1. The first-order valence-corrected chi connectivity index (χ1v) is 11.9. The Kier molecular flexibility index (Phi) is 5.97. The number of thiazole rings is 1. The van der Waals surface area contributed by atoms with E-state index in [1.165, 1.54) is 39.9 Å². The minimum Gasteiger partial charge on any atom is -0.481 e. The van der Waals surface area contributed by atoms with Gasteiger partial charge in [0.05, 0.1) is 22.7 Å². The van der Waals surface area contributed by atoms with Gasteiger partial charge in [0, 0.05) is 11.1 Å². The Morgan fingerprint density at radius 3 is 2.58 bits per heavy atom. The van der Waals surface area contributed by atoms with Crippen molar-refractivity contribution in [2.45, 2.75) is 20.8 Å². The van der Waals surface area contributed by atoms with E-state index in [0.29, 0.717) is 26.6 Å². The van der Waals surface area contributed by atoms with Crippen LogP contribution in [0.15, 0.2) is 74.4 Å². The predicted octanol–water partition coefficient (Wildman–Crippen LogP) is 2.70. The van der Waals surface area contributed by atoms with E-state index in [9.17, 15) is 13.2 Å². The molecule has 4 rings (SSSR count). The molecular weight excluding hydrogens is 460 g/mol. The van der Waals surface area contributed by atoms with Crippen LogP contribution in [0.1, 0.15) is 5.69 Å². The monoisotopic (exact) mass is 474 g/mol. The number of aliphatic carboxylic acids is 1. The smallest absolute Gasteiger partial charge is 0.309 e. The molecule has 4 aromatic rings. The Morgan fingerprint density at radius 2 is 1.87 bits per heavy atom. The average molecular weight is 475 g/mol. The van der Waals surface area contributed by atoms with E-state index in [4.69, 9.17) is 5.11 Å². The van der Waals surface area contributed by atoms with Crippen LogP contribution in [0.2, 0.25) is 0 Å². The highest BCUT2D eigenvalue weighted by Gasteiger charge is 2.17. The third-order valence-corrected chi connectivity index (χ3v) is 7.22. The molecule has 2 heterocycles. The Bertz CT molecular complexity index is 1300. The number of carboxylic acid groups (broad SMARTS) is 1. The number of carboxylic acids is 1. The van der Waals surface area contributed by atoms with Crippen LogP contribution >= 0.6 is 23.1 Å². The molecule has 158 valence electrons. The number of tetrazole rings is 1. The Balaban J connectivity index is 1.52. The van der Waals surface area contributed by atoms with Gasteiger partial charge < -0.3 is 5.11 Å². The summed E-state index contributed by atoms with van der Waals surface area (Å²) in [6, 6.07) is 14.7. The maximum Gasteiger partial charge on any atom is 0.309 e. The van der Waals surface area contributed by atoms with E-state index in [-0.39, 0.29) is 11.3 Å².